The Morgan fingerprint density at radius 2 is 1.70 bits per heavy atom. The van der Waals surface area contributed by atoms with Crippen LogP contribution in [0, 0.1) is 0 Å². The Bertz CT molecular complexity index is 440. The van der Waals surface area contributed by atoms with Gasteiger partial charge in [0, 0.05) is 0 Å². The largest absolute Gasteiger partial charge is 0.390 e. The summed E-state index contributed by atoms with van der Waals surface area (Å²) in [6.45, 7) is 7.95. The van der Waals surface area contributed by atoms with Crippen molar-refractivity contribution in [3.8, 4) is 0 Å². The normalized spacial score (nSPS) is 15.1. The number of aliphatic hydroxyl groups excluding tert-OH is 1. The molecule has 2 atom stereocenters. The van der Waals surface area contributed by atoms with Gasteiger partial charge in [-0.2, -0.15) is 0 Å². The third-order valence-corrected chi connectivity index (χ3v) is 4.76. The zero-order valence-electron chi connectivity index (χ0n) is 14.9. The average molecular weight is 319 g/mol. The van der Waals surface area contributed by atoms with Crippen LogP contribution in [0.2, 0.25) is 0 Å². The first kappa shape index (κ1) is 19.9. The molecule has 0 aliphatic carbocycles. The second kappa shape index (κ2) is 10.6. The minimum absolute atomic E-state index is 0.517. The molecule has 2 heteroatoms. The molecule has 0 bridgehead atoms. The van der Waals surface area contributed by atoms with E-state index in [0.717, 1.165) is 19.3 Å². The molecule has 0 aromatic heterocycles. The number of rotatable bonds is 12. The fourth-order valence-electron chi connectivity index (χ4n) is 3.00. The van der Waals surface area contributed by atoms with Crippen LogP contribution >= 0.6 is 0 Å². The van der Waals surface area contributed by atoms with Gasteiger partial charge in [-0.1, -0.05) is 82.4 Å². The molecule has 0 unspecified atom stereocenters. The molecule has 0 fully saturated rings. The Kier molecular flexibility index (Phi) is 9.20. The minimum atomic E-state index is -1.18. The van der Waals surface area contributed by atoms with Gasteiger partial charge in [-0.05, 0) is 37.3 Å². The van der Waals surface area contributed by atoms with E-state index in [1.165, 1.54) is 31.2 Å². The quantitative estimate of drug-likeness (QED) is 0.419. The van der Waals surface area contributed by atoms with Crippen LogP contribution in [0.1, 0.15) is 70.8 Å². The highest BCUT2D eigenvalue weighted by molar-refractivity contribution is 5.18. The van der Waals surface area contributed by atoms with Crippen molar-refractivity contribution in [3.05, 3.63) is 48.0 Å². The number of benzene rings is 1. The maximum absolute atomic E-state index is 10.9. The second-order valence-corrected chi connectivity index (χ2v) is 6.76. The molecule has 130 valence electrons. The summed E-state index contributed by atoms with van der Waals surface area (Å²) in [7, 11) is 0. The molecule has 0 saturated carbocycles. The van der Waals surface area contributed by atoms with Gasteiger partial charge in [-0.25, -0.2) is 0 Å². The van der Waals surface area contributed by atoms with Gasteiger partial charge < -0.3 is 10.2 Å². The predicted octanol–water partition coefficient (Wildman–Crippen LogP) is 5.04. The maximum Gasteiger partial charge on any atom is 0.111 e. The van der Waals surface area contributed by atoms with Crippen LogP contribution in [-0.2, 0) is 6.42 Å². The minimum Gasteiger partial charge on any atom is -0.390 e. The van der Waals surface area contributed by atoms with Crippen LogP contribution < -0.4 is 0 Å². The van der Waals surface area contributed by atoms with Crippen molar-refractivity contribution in [1.29, 1.82) is 0 Å². The maximum atomic E-state index is 10.9. The van der Waals surface area contributed by atoms with Crippen LogP contribution in [0.3, 0.4) is 0 Å². The summed E-state index contributed by atoms with van der Waals surface area (Å²) in [5.41, 5.74) is 0.657. The van der Waals surface area contributed by atoms with Crippen LogP contribution in [0.25, 0.3) is 0 Å². The van der Waals surface area contributed by atoms with E-state index in [1.54, 1.807) is 0 Å². The van der Waals surface area contributed by atoms with Crippen molar-refractivity contribution in [1.82, 2.24) is 0 Å². The molecule has 0 radical (unpaired) electrons. The van der Waals surface area contributed by atoms with Crippen molar-refractivity contribution in [2.24, 2.45) is 0 Å². The van der Waals surface area contributed by atoms with Gasteiger partial charge in [0.05, 0.1) is 6.10 Å². The lowest BCUT2D eigenvalue weighted by Gasteiger charge is -2.34. The van der Waals surface area contributed by atoms with Crippen LogP contribution in [-0.4, -0.2) is 21.9 Å². The van der Waals surface area contributed by atoms with E-state index in [2.05, 4.69) is 25.6 Å². The molecule has 0 spiro atoms. The summed E-state index contributed by atoms with van der Waals surface area (Å²) >= 11 is 0. The van der Waals surface area contributed by atoms with E-state index < -0.39 is 11.7 Å². The van der Waals surface area contributed by atoms with Gasteiger partial charge in [-0.3, -0.25) is 0 Å². The molecule has 0 heterocycles. The van der Waals surface area contributed by atoms with Crippen molar-refractivity contribution in [2.75, 3.05) is 0 Å². The smallest absolute Gasteiger partial charge is 0.111 e. The number of hydrogen-bond donors (Lipinski definition) is 2. The Hall–Kier alpha value is -1.12. The molecule has 0 saturated heterocycles. The summed E-state index contributed by atoms with van der Waals surface area (Å²) in [6.07, 6.45) is 8.29. The monoisotopic (exact) mass is 318 g/mol. The van der Waals surface area contributed by atoms with E-state index in [1.807, 2.05) is 25.1 Å². The van der Waals surface area contributed by atoms with E-state index in [0.29, 0.717) is 18.4 Å². The molecule has 1 aromatic rings. The second-order valence-electron chi connectivity index (χ2n) is 6.76. The van der Waals surface area contributed by atoms with Gasteiger partial charge in [0.1, 0.15) is 5.60 Å². The number of hydrogen-bond acceptors (Lipinski definition) is 2. The van der Waals surface area contributed by atoms with Crippen LogP contribution in [0.4, 0.5) is 0 Å². The average Bonchev–Trinajstić information content (AvgIpc) is 2.56. The van der Waals surface area contributed by atoms with E-state index in [-0.39, 0.29) is 0 Å². The fourth-order valence-corrected chi connectivity index (χ4v) is 3.00. The number of aryl methyl sites for hydroxylation is 1. The SMILES string of the molecule is C=C(C)[C@](O)(CCc1ccccc1)[C@@H](O)CCCCCCCC. The Labute approximate surface area is 142 Å². The zero-order valence-corrected chi connectivity index (χ0v) is 14.9. The first-order chi connectivity index (χ1) is 11.0. The molecule has 0 aliphatic heterocycles. The van der Waals surface area contributed by atoms with Crippen LogP contribution in [0.15, 0.2) is 42.5 Å². The number of aliphatic hydroxyl groups is 2. The fraction of sp³-hybridized carbons (Fsp3) is 0.619. The highest BCUT2D eigenvalue weighted by Gasteiger charge is 2.35. The Morgan fingerprint density at radius 3 is 2.30 bits per heavy atom. The van der Waals surface area contributed by atoms with Gasteiger partial charge in [0.25, 0.3) is 0 Å². The van der Waals surface area contributed by atoms with Crippen LogP contribution in [0.5, 0.6) is 0 Å². The molecule has 0 amide bonds. The standard InChI is InChI=1S/C21H34O2/c1-4-5-6-7-8-12-15-20(22)21(23,18(2)3)17-16-19-13-10-9-11-14-19/h9-11,13-14,20,22-23H,2,4-8,12,15-17H2,1,3H3/t20-,21+/m0/s1. The van der Waals surface area contributed by atoms with E-state index in [4.69, 9.17) is 0 Å². The highest BCUT2D eigenvalue weighted by Crippen LogP contribution is 2.29. The third kappa shape index (κ3) is 6.88. The molecule has 0 aliphatic rings. The summed E-state index contributed by atoms with van der Waals surface area (Å²) < 4.78 is 0. The molecule has 23 heavy (non-hydrogen) atoms. The lowest BCUT2D eigenvalue weighted by atomic mass is 9.82. The predicted molar refractivity (Wildman–Crippen MR) is 98.5 cm³/mol. The van der Waals surface area contributed by atoms with E-state index >= 15 is 0 Å². The summed E-state index contributed by atoms with van der Waals surface area (Å²) in [5, 5.41) is 21.4. The molecular weight excluding hydrogens is 284 g/mol. The van der Waals surface area contributed by atoms with Gasteiger partial charge >= 0.3 is 0 Å². The molecule has 2 nitrogen and oxygen atoms in total. The Morgan fingerprint density at radius 1 is 1.09 bits per heavy atom. The van der Waals surface area contributed by atoms with E-state index in [9.17, 15) is 10.2 Å². The molecular formula is C21H34O2. The van der Waals surface area contributed by atoms with Gasteiger partial charge in [0.15, 0.2) is 0 Å². The molecule has 1 rings (SSSR count). The zero-order chi connectivity index (χ0) is 17.1. The first-order valence-corrected chi connectivity index (χ1v) is 9.11. The van der Waals surface area contributed by atoms with Gasteiger partial charge in [0.2, 0.25) is 0 Å². The third-order valence-electron chi connectivity index (χ3n) is 4.76. The lowest BCUT2D eigenvalue weighted by molar-refractivity contribution is -0.0569. The van der Waals surface area contributed by atoms with Crippen molar-refractivity contribution in [2.45, 2.75) is 83.3 Å². The summed E-state index contributed by atoms with van der Waals surface area (Å²) in [5.74, 6) is 0. The Balaban J connectivity index is 2.46. The topological polar surface area (TPSA) is 40.5 Å². The molecule has 1 aromatic carbocycles. The summed E-state index contributed by atoms with van der Waals surface area (Å²) in [4.78, 5) is 0. The van der Waals surface area contributed by atoms with Crippen molar-refractivity contribution >= 4 is 0 Å². The van der Waals surface area contributed by atoms with Crippen molar-refractivity contribution in [3.63, 3.8) is 0 Å². The van der Waals surface area contributed by atoms with Crippen molar-refractivity contribution < 1.29 is 10.2 Å². The number of unbranched alkanes of at least 4 members (excludes halogenated alkanes) is 5. The summed E-state index contributed by atoms with van der Waals surface area (Å²) in [6, 6.07) is 10.1. The lowest BCUT2D eigenvalue weighted by Crippen LogP contribution is -2.43. The molecule has 2 N–H and O–H groups in total. The van der Waals surface area contributed by atoms with Gasteiger partial charge in [-0.15, -0.1) is 0 Å². The first-order valence-electron chi connectivity index (χ1n) is 9.11. The highest BCUT2D eigenvalue weighted by atomic mass is 16.3.